The topological polar surface area (TPSA) is 68.5 Å². The second kappa shape index (κ2) is 9.02. The Labute approximate surface area is 183 Å². The van der Waals surface area contributed by atoms with Gasteiger partial charge in [-0.1, -0.05) is 18.5 Å². The zero-order valence-corrected chi connectivity index (χ0v) is 17.4. The van der Waals surface area contributed by atoms with Crippen LogP contribution >= 0.6 is 0 Å². The number of ether oxygens (including phenoxy) is 1. The van der Waals surface area contributed by atoms with Gasteiger partial charge in [0.05, 0.1) is 12.2 Å². The highest BCUT2D eigenvalue weighted by atomic mass is 19.4. The maximum Gasteiger partial charge on any atom is 0.416 e. The van der Waals surface area contributed by atoms with Crippen molar-refractivity contribution < 1.29 is 27.2 Å². The summed E-state index contributed by atoms with van der Waals surface area (Å²) < 4.78 is 49.3. The molecule has 3 aromatic rings. The van der Waals surface area contributed by atoms with Crippen molar-refractivity contribution in [2.24, 2.45) is 0 Å². The fraction of sp³-hybridized carbons (Fsp3) is 0.348. The molecule has 168 valence electrons. The van der Waals surface area contributed by atoms with Gasteiger partial charge in [-0.25, -0.2) is 0 Å². The van der Waals surface area contributed by atoms with E-state index in [1.165, 1.54) is 17.0 Å². The van der Waals surface area contributed by atoms with Crippen LogP contribution in [0.2, 0.25) is 0 Å². The molecule has 0 N–H and O–H groups in total. The van der Waals surface area contributed by atoms with Crippen LogP contribution in [0.3, 0.4) is 0 Å². The molecule has 1 aliphatic heterocycles. The number of hydrogen-bond donors (Lipinski definition) is 0. The second-order valence-corrected chi connectivity index (χ2v) is 7.63. The van der Waals surface area contributed by atoms with E-state index in [1.54, 1.807) is 0 Å². The molecule has 6 nitrogen and oxygen atoms in total. The van der Waals surface area contributed by atoms with Crippen molar-refractivity contribution in [3.05, 3.63) is 59.9 Å². The summed E-state index contributed by atoms with van der Waals surface area (Å²) >= 11 is 0. The standard InChI is InChI=1S/C23H22F3N3O3/c1-2-3-12-31-19-10-4-15(5-11-19)22-27-21(28-32-22)16-13-20(30)29(14-16)18-8-6-17(7-9-18)23(24,25)26/h4-11,16H,2-3,12-14H2,1H3. The summed E-state index contributed by atoms with van der Waals surface area (Å²) in [4.78, 5) is 18.3. The van der Waals surface area contributed by atoms with Crippen LogP contribution in [0, 0.1) is 0 Å². The highest BCUT2D eigenvalue weighted by Gasteiger charge is 2.35. The second-order valence-electron chi connectivity index (χ2n) is 7.63. The number of hydrogen-bond acceptors (Lipinski definition) is 5. The summed E-state index contributed by atoms with van der Waals surface area (Å²) in [6.07, 6.45) is -2.22. The molecular weight excluding hydrogens is 423 g/mol. The van der Waals surface area contributed by atoms with Crippen molar-refractivity contribution in [1.29, 1.82) is 0 Å². The van der Waals surface area contributed by atoms with Crippen LogP contribution in [0.1, 0.15) is 43.5 Å². The van der Waals surface area contributed by atoms with Gasteiger partial charge in [0.1, 0.15) is 5.75 Å². The van der Waals surface area contributed by atoms with Crippen molar-refractivity contribution >= 4 is 11.6 Å². The Morgan fingerprint density at radius 1 is 1.12 bits per heavy atom. The van der Waals surface area contributed by atoms with Crippen molar-refractivity contribution in [3.63, 3.8) is 0 Å². The summed E-state index contributed by atoms with van der Waals surface area (Å²) in [5.74, 6) is 0.982. The number of rotatable bonds is 7. The average Bonchev–Trinajstić information content (AvgIpc) is 3.41. The van der Waals surface area contributed by atoms with E-state index in [9.17, 15) is 18.0 Å². The molecule has 2 heterocycles. The first kappa shape index (κ1) is 21.9. The molecule has 0 saturated carbocycles. The molecule has 1 unspecified atom stereocenters. The number of unbranched alkanes of at least 4 members (excludes halogenated alkanes) is 1. The number of carbonyl (C=O) groups is 1. The van der Waals surface area contributed by atoms with Crippen LogP contribution in [-0.2, 0) is 11.0 Å². The third-order valence-corrected chi connectivity index (χ3v) is 5.31. The lowest BCUT2D eigenvalue weighted by atomic mass is 10.1. The van der Waals surface area contributed by atoms with E-state index in [0.717, 1.165) is 36.3 Å². The van der Waals surface area contributed by atoms with Gasteiger partial charge in [-0.15, -0.1) is 0 Å². The number of aromatic nitrogens is 2. The van der Waals surface area contributed by atoms with Crippen molar-refractivity contribution in [1.82, 2.24) is 10.1 Å². The summed E-state index contributed by atoms with van der Waals surface area (Å²) in [6, 6.07) is 11.9. The van der Waals surface area contributed by atoms with Gasteiger partial charge in [0, 0.05) is 30.1 Å². The quantitative estimate of drug-likeness (QED) is 0.452. The molecule has 32 heavy (non-hydrogen) atoms. The lowest BCUT2D eigenvalue weighted by Gasteiger charge is -2.17. The molecule has 4 rings (SSSR count). The molecular formula is C23H22F3N3O3. The van der Waals surface area contributed by atoms with Gasteiger partial charge in [0.15, 0.2) is 5.82 Å². The Balaban J connectivity index is 1.43. The summed E-state index contributed by atoms with van der Waals surface area (Å²) in [7, 11) is 0. The number of benzene rings is 2. The minimum Gasteiger partial charge on any atom is -0.494 e. The molecule has 0 spiro atoms. The molecule has 1 atom stereocenters. The average molecular weight is 445 g/mol. The third-order valence-electron chi connectivity index (χ3n) is 5.31. The molecule has 9 heteroatoms. The first-order valence-corrected chi connectivity index (χ1v) is 10.4. The lowest BCUT2D eigenvalue weighted by Crippen LogP contribution is -2.24. The fourth-order valence-electron chi connectivity index (χ4n) is 3.51. The summed E-state index contributed by atoms with van der Waals surface area (Å²) in [6.45, 7) is 3.03. The predicted molar refractivity (Wildman–Crippen MR) is 111 cm³/mol. The van der Waals surface area contributed by atoms with Gasteiger partial charge < -0.3 is 14.2 Å². The predicted octanol–water partition coefficient (Wildman–Crippen LogP) is 5.45. The van der Waals surface area contributed by atoms with E-state index in [0.29, 0.717) is 24.0 Å². The van der Waals surface area contributed by atoms with Gasteiger partial charge in [-0.2, -0.15) is 18.2 Å². The Hall–Kier alpha value is -3.36. The Kier molecular flexibility index (Phi) is 6.16. The van der Waals surface area contributed by atoms with E-state index in [-0.39, 0.29) is 24.8 Å². The van der Waals surface area contributed by atoms with Crippen LogP contribution in [-0.4, -0.2) is 29.2 Å². The third kappa shape index (κ3) is 4.76. The molecule has 0 aliphatic carbocycles. The van der Waals surface area contributed by atoms with Gasteiger partial charge in [-0.05, 0) is 55.0 Å². The van der Waals surface area contributed by atoms with E-state index >= 15 is 0 Å². The monoisotopic (exact) mass is 445 g/mol. The van der Waals surface area contributed by atoms with Gasteiger partial charge in [0.25, 0.3) is 5.89 Å². The minimum atomic E-state index is -4.42. The zero-order chi connectivity index (χ0) is 22.7. The maximum absolute atomic E-state index is 12.8. The fourth-order valence-corrected chi connectivity index (χ4v) is 3.51. The van der Waals surface area contributed by atoms with Crippen molar-refractivity contribution in [3.8, 4) is 17.2 Å². The van der Waals surface area contributed by atoms with Gasteiger partial charge >= 0.3 is 6.18 Å². The lowest BCUT2D eigenvalue weighted by molar-refractivity contribution is -0.137. The van der Waals surface area contributed by atoms with E-state index < -0.39 is 11.7 Å². The number of alkyl halides is 3. The molecule has 1 amide bonds. The molecule has 0 radical (unpaired) electrons. The van der Waals surface area contributed by atoms with Crippen LogP contribution < -0.4 is 9.64 Å². The van der Waals surface area contributed by atoms with Crippen LogP contribution in [0.5, 0.6) is 5.75 Å². The van der Waals surface area contributed by atoms with Gasteiger partial charge in [-0.3, -0.25) is 4.79 Å². The highest BCUT2D eigenvalue weighted by Crippen LogP contribution is 2.34. The molecule has 1 fully saturated rings. The molecule has 1 aliphatic rings. The minimum absolute atomic E-state index is 0.157. The number of amides is 1. The molecule has 1 saturated heterocycles. The van der Waals surface area contributed by atoms with E-state index in [1.807, 2.05) is 24.3 Å². The van der Waals surface area contributed by atoms with Crippen molar-refractivity contribution in [2.75, 3.05) is 18.1 Å². The van der Waals surface area contributed by atoms with E-state index in [2.05, 4.69) is 17.1 Å². The van der Waals surface area contributed by atoms with Crippen LogP contribution in [0.4, 0.5) is 18.9 Å². The smallest absolute Gasteiger partial charge is 0.416 e. The molecule has 0 bridgehead atoms. The zero-order valence-electron chi connectivity index (χ0n) is 17.4. The Morgan fingerprint density at radius 2 is 1.84 bits per heavy atom. The first-order chi connectivity index (χ1) is 15.3. The van der Waals surface area contributed by atoms with Crippen LogP contribution in [0.15, 0.2) is 53.1 Å². The SMILES string of the molecule is CCCCOc1ccc(-c2nc(C3CC(=O)N(c4ccc(C(F)(F)F)cc4)C3)no2)cc1. The van der Waals surface area contributed by atoms with Gasteiger partial charge in [0.2, 0.25) is 5.91 Å². The van der Waals surface area contributed by atoms with E-state index in [4.69, 9.17) is 9.26 Å². The van der Waals surface area contributed by atoms with Crippen molar-refractivity contribution in [2.45, 2.75) is 38.3 Å². The normalized spacial score (nSPS) is 16.6. The number of carbonyl (C=O) groups excluding carboxylic acids is 1. The molecule has 2 aromatic carbocycles. The number of halogens is 3. The Morgan fingerprint density at radius 3 is 2.50 bits per heavy atom. The summed E-state index contributed by atoms with van der Waals surface area (Å²) in [5.41, 5.74) is 0.387. The first-order valence-electron chi connectivity index (χ1n) is 10.4. The Bertz CT molecular complexity index is 1060. The largest absolute Gasteiger partial charge is 0.494 e. The molecule has 1 aromatic heterocycles. The number of anilines is 1. The summed E-state index contributed by atoms with van der Waals surface area (Å²) in [5, 5.41) is 4.02. The van der Waals surface area contributed by atoms with Crippen LogP contribution in [0.25, 0.3) is 11.5 Å². The highest BCUT2D eigenvalue weighted by molar-refractivity contribution is 5.96. The number of nitrogens with zero attached hydrogens (tertiary/aromatic N) is 3. The maximum atomic E-state index is 12.8.